The molecule has 1 saturated heterocycles. The van der Waals surface area contributed by atoms with Gasteiger partial charge in [0.15, 0.2) is 0 Å². The maximum Gasteiger partial charge on any atom is 0.229 e. The molecule has 0 N–H and O–H groups in total. The Hall–Kier alpha value is -1.42. The SMILES string of the molecule is C=CC[C@@]1(C)C[C@H](c2cccc(Cl)c2)[C@@H](c2ccc(Cl)cc2)N(C(CCS(C)(C)C)C2CC2)C1=O. The topological polar surface area (TPSA) is 20.3 Å². The van der Waals surface area contributed by atoms with Crippen LogP contribution < -0.4 is 0 Å². The van der Waals surface area contributed by atoms with Crippen LogP contribution in [0.5, 0.6) is 0 Å². The second-order valence-electron chi connectivity index (χ2n) is 11.6. The summed E-state index contributed by atoms with van der Waals surface area (Å²) in [6.07, 6.45) is 14.0. The van der Waals surface area contributed by atoms with E-state index in [1.807, 2.05) is 30.3 Å². The molecular weight excluding hydrogens is 493 g/mol. The minimum Gasteiger partial charge on any atom is -0.331 e. The van der Waals surface area contributed by atoms with Crippen LogP contribution in [0.2, 0.25) is 10.0 Å². The van der Waals surface area contributed by atoms with Crippen LogP contribution in [0.15, 0.2) is 61.2 Å². The second kappa shape index (κ2) is 10.5. The van der Waals surface area contributed by atoms with Crippen LogP contribution in [-0.2, 0) is 4.79 Å². The number of benzene rings is 2. The molecule has 1 aliphatic carbocycles. The van der Waals surface area contributed by atoms with E-state index in [1.165, 1.54) is 24.2 Å². The van der Waals surface area contributed by atoms with Gasteiger partial charge in [0.25, 0.3) is 0 Å². The first-order valence-corrected chi connectivity index (χ1v) is 16.4. The predicted molar refractivity (Wildman–Crippen MR) is 154 cm³/mol. The number of likely N-dealkylation sites (tertiary alicyclic amines) is 1. The van der Waals surface area contributed by atoms with Gasteiger partial charge in [-0.25, -0.2) is 10.0 Å². The fourth-order valence-corrected chi connectivity index (χ4v) is 7.08. The predicted octanol–water partition coefficient (Wildman–Crippen LogP) is 8.50. The van der Waals surface area contributed by atoms with Crippen molar-refractivity contribution in [1.29, 1.82) is 0 Å². The summed E-state index contributed by atoms with van der Waals surface area (Å²) in [7, 11) is -0.668. The zero-order chi connectivity index (χ0) is 25.4. The monoisotopic (exact) mass is 531 g/mol. The average molecular weight is 533 g/mol. The molecule has 1 heterocycles. The summed E-state index contributed by atoms with van der Waals surface area (Å²) in [5, 5.41) is 1.45. The Bertz CT molecular complexity index is 1060. The van der Waals surface area contributed by atoms with Gasteiger partial charge in [0, 0.05) is 22.0 Å². The first kappa shape index (κ1) is 26.6. The van der Waals surface area contributed by atoms with E-state index in [4.69, 9.17) is 23.2 Å². The van der Waals surface area contributed by atoms with Gasteiger partial charge in [0.2, 0.25) is 5.91 Å². The first-order valence-electron chi connectivity index (χ1n) is 12.6. The molecule has 5 heteroatoms. The van der Waals surface area contributed by atoms with Crippen molar-refractivity contribution in [2.45, 2.75) is 57.0 Å². The Labute approximate surface area is 223 Å². The molecule has 0 bridgehead atoms. The molecule has 2 aromatic carbocycles. The highest BCUT2D eigenvalue weighted by molar-refractivity contribution is 8.32. The van der Waals surface area contributed by atoms with Crippen LogP contribution in [0.25, 0.3) is 0 Å². The minimum absolute atomic E-state index is 0.0447. The average Bonchev–Trinajstić information content (AvgIpc) is 3.62. The summed E-state index contributed by atoms with van der Waals surface area (Å²) < 4.78 is 0. The van der Waals surface area contributed by atoms with E-state index in [1.54, 1.807) is 0 Å². The maximum absolute atomic E-state index is 14.5. The standard InChI is InChI=1S/C30H39Cl2NOS/c1-6-17-30(2)20-26(23-8-7-9-25(32)19-23)28(22-12-14-24(31)15-13-22)33(29(30)34)27(21-10-11-21)16-18-35(3,4)5/h6-9,12-15,19,21,26-28H,1,10-11,16-18,20H2,2-5H3/t26-,27?,28-,30+/m1/s1. The van der Waals surface area contributed by atoms with Gasteiger partial charge >= 0.3 is 0 Å². The van der Waals surface area contributed by atoms with Crippen LogP contribution >= 0.6 is 33.2 Å². The third-order valence-electron chi connectivity index (χ3n) is 7.73. The number of halogens is 2. The lowest BCUT2D eigenvalue weighted by Crippen LogP contribution is -2.56. The van der Waals surface area contributed by atoms with E-state index >= 15 is 0 Å². The van der Waals surface area contributed by atoms with Gasteiger partial charge in [-0.2, -0.15) is 0 Å². The number of allylic oxidation sites excluding steroid dienone is 1. The van der Waals surface area contributed by atoms with E-state index in [0.29, 0.717) is 17.4 Å². The van der Waals surface area contributed by atoms with Crippen molar-refractivity contribution in [3.63, 3.8) is 0 Å². The van der Waals surface area contributed by atoms with E-state index in [-0.39, 0.29) is 23.9 Å². The van der Waals surface area contributed by atoms with Crippen LogP contribution in [0.1, 0.15) is 62.1 Å². The molecule has 2 nitrogen and oxygen atoms in total. The molecule has 1 amide bonds. The van der Waals surface area contributed by atoms with Crippen LogP contribution in [-0.4, -0.2) is 41.4 Å². The molecule has 1 aliphatic heterocycles. The normalized spacial score (nSPS) is 26.5. The van der Waals surface area contributed by atoms with E-state index in [0.717, 1.165) is 23.4 Å². The molecule has 0 spiro atoms. The van der Waals surface area contributed by atoms with Crippen molar-refractivity contribution in [3.05, 3.63) is 82.4 Å². The maximum atomic E-state index is 14.5. The summed E-state index contributed by atoms with van der Waals surface area (Å²) in [5.74, 6) is 2.17. The molecule has 2 fully saturated rings. The van der Waals surface area contributed by atoms with Gasteiger partial charge in [-0.15, -0.1) is 6.58 Å². The van der Waals surface area contributed by atoms with Crippen LogP contribution in [0.3, 0.4) is 0 Å². The highest BCUT2D eigenvalue weighted by Gasteiger charge is 2.53. The lowest BCUT2D eigenvalue weighted by atomic mass is 9.67. The molecular formula is C30H39Cl2NOS. The van der Waals surface area contributed by atoms with E-state index in [9.17, 15) is 4.79 Å². The fraction of sp³-hybridized carbons (Fsp3) is 0.500. The van der Waals surface area contributed by atoms with Gasteiger partial charge < -0.3 is 4.90 Å². The van der Waals surface area contributed by atoms with Crippen LogP contribution in [0.4, 0.5) is 0 Å². The molecule has 1 saturated carbocycles. The van der Waals surface area contributed by atoms with Crippen molar-refractivity contribution in [2.24, 2.45) is 11.3 Å². The molecule has 0 aromatic heterocycles. The number of hydrogen-bond acceptors (Lipinski definition) is 1. The lowest BCUT2D eigenvalue weighted by Gasteiger charge is -2.52. The van der Waals surface area contributed by atoms with E-state index < -0.39 is 15.4 Å². The third kappa shape index (κ3) is 6.12. The Kier molecular flexibility index (Phi) is 8.01. The highest BCUT2D eigenvalue weighted by Crippen LogP contribution is 2.55. The van der Waals surface area contributed by atoms with Gasteiger partial charge in [-0.05, 0) is 97.9 Å². The number of carbonyl (C=O) groups excluding carboxylic acids is 1. The Morgan fingerprint density at radius 3 is 2.34 bits per heavy atom. The first-order chi connectivity index (χ1) is 16.5. The molecule has 190 valence electrons. The molecule has 35 heavy (non-hydrogen) atoms. The zero-order valence-electron chi connectivity index (χ0n) is 21.5. The van der Waals surface area contributed by atoms with Gasteiger partial charge in [0.05, 0.1) is 11.5 Å². The molecule has 0 radical (unpaired) electrons. The zero-order valence-corrected chi connectivity index (χ0v) is 23.8. The Balaban J connectivity index is 1.87. The van der Waals surface area contributed by atoms with Gasteiger partial charge in [0.1, 0.15) is 0 Å². The highest BCUT2D eigenvalue weighted by atomic mass is 35.5. The fourth-order valence-electron chi connectivity index (χ4n) is 5.81. The second-order valence-corrected chi connectivity index (χ2v) is 17.1. The van der Waals surface area contributed by atoms with Gasteiger partial charge in [-0.1, -0.05) is 60.5 Å². The molecule has 4 rings (SSSR count). The number of nitrogens with zero attached hydrogens (tertiary/aromatic N) is 1. The smallest absolute Gasteiger partial charge is 0.229 e. The summed E-state index contributed by atoms with van der Waals surface area (Å²) >= 11 is 12.8. The van der Waals surface area contributed by atoms with Crippen molar-refractivity contribution < 1.29 is 4.79 Å². The molecule has 4 atom stereocenters. The minimum atomic E-state index is -0.668. The summed E-state index contributed by atoms with van der Waals surface area (Å²) in [5.41, 5.74) is 1.86. The van der Waals surface area contributed by atoms with Gasteiger partial charge in [-0.3, -0.25) is 4.79 Å². The largest absolute Gasteiger partial charge is 0.331 e. The lowest BCUT2D eigenvalue weighted by molar-refractivity contribution is -0.155. The molecule has 1 unspecified atom stereocenters. The van der Waals surface area contributed by atoms with E-state index in [2.05, 4.69) is 61.4 Å². The van der Waals surface area contributed by atoms with Crippen LogP contribution in [0, 0.1) is 11.3 Å². The summed E-state index contributed by atoms with van der Waals surface area (Å²) in [4.78, 5) is 16.8. The van der Waals surface area contributed by atoms with Crippen molar-refractivity contribution in [1.82, 2.24) is 4.90 Å². The Morgan fingerprint density at radius 1 is 1.09 bits per heavy atom. The third-order valence-corrected chi connectivity index (χ3v) is 9.68. The van der Waals surface area contributed by atoms with Crippen molar-refractivity contribution in [3.8, 4) is 0 Å². The van der Waals surface area contributed by atoms with Crippen molar-refractivity contribution >= 4 is 39.1 Å². The quantitative estimate of drug-likeness (QED) is 0.297. The summed E-state index contributed by atoms with van der Waals surface area (Å²) in [6, 6.07) is 16.6. The number of piperidine rings is 1. The Morgan fingerprint density at radius 2 is 1.77 bits per heavy atom. The number of rotatable bonds is 9. The number of hydrogen-bond donors (Lipinski definition) is 0. The van der Waals surface area contributed by atoms with Crippen molar-refractivity contribution in [2.75, 3.05) is 24.5 Å². The molecule has 2 aromatic rings. The molecule has 2 aliphatic rings. The summed E-state index contributed by atoms with van der Waals surface area (Å²) in [6.45, 7) is 6.15. The number of amides is 1. The number of carbonyl (C=O) groups is 1.